The molecule has 0 unspecified atom stereocenters. The van der Waals surface area contributed by atoms with Crippen molar-refractivity contribution < 1.29 is 4.79 Å². The van der Waals surface area contributed by atoms with Crippen LogP contribution in [0.3, 0.4) is 0 Å². The fourth-order valence-corrected chi connectivity index (χ4v) is 2.87. The standard InChI is InChI=1S/C17H29N5O/c1-16(2,3)13-17(4,5)21-15(23)20-14-11-19-22(12-14)10-8-6-7-9-18/h11-12H,6-8,10,13H2,1-5H3,(H2,20,21,23). The number of hydrogen-bond acceptors (Lipinski definition) is 3. The number of nitriles is 1. The quantitative estimate of drug-likeness (QED) is 0.747. The van der Waals surface area contributed by atoms with Crippen LogP contribution < -0.4 is 10.6 Å². The lowest BCUT2D eigenvalue weighted by atomic mass is 9.82. The summed E-state index contributed by atoms with van der Waals surface area (Å²) in [5, 5.41) is 18.5. The first-order chi connectivity index (χ1) is 10.6. The Hall–Kier alpha value is -2.03. The van der Waals surface area contributed by atoms with Crippen molar-refractivity contribution in [1.29, 1.82) is 5.26 Å². The normalized spacial score (nSPS) is 11.8. The topological polar surface area (TPSA) is 82.7 Å². The van der Waals surface area contributed by atoms with E-state index in [1.165, 1.54) is 0 Å². The van der Waals surface area contributed by atoms with Gasteiger partial charge in [0.05, 0.1) is 18.0 Å². The van der Waals surface area contributed by atoms with Crippen molar-refractivity contribution in [1.82, 2.24) is 15.1 Å². The summed E-state index contributed by atoms with van der Waals surface area (Å²) in [6.07, 6.45) is 6.66. The smallest absolute Gasteiger partial charge is 0.319 e. The van der Waals surface area contributed by atoms with Crippen molar-refractivity contribution in [3.8, 4) is 6.07 Å². The Balaban J connectivity index is 2.46. The van der Waals surface area contributed by atoms with Gasteiger partial charge in [0.15, 0.2) is 0 Å². The molecule has 2 N–H and O–H groups in total. The fourth-order valence-electron chi connectivity index (χ4n) is 2.87. The molecule has 1 aromatic rings. The third-order valence-corrected chi connectivity index (χ3v) is 3.24. The van der Waals surface area contributed by atoms with Gasteiger partial charge in [-0.05, 0) is 38.5 Å². The number of aryl methyl sites for hydroxylation is 1. The zero-order chi connectivity index (χ0) is 17.5. The van der Waals surface area contributed by atoms with Gasteiger partial charge in [0.2, 0.25) is 0 Å². The second kappa shape index (κ2) is 8.00. The van der Waals surface area contributed by atoms with E-state index in [1.54, 1.807) is 10.9 Å². The molecule has 0 radical (unpaired) electrons. The molecule has 0 spiro atoms. The summed E-state index contributed by atoms with van der Waals surface area (Å²) in [4.78, 5) is 12.1. The summed E-state index contributed by atoms with van der Waals surface area (Å²) in [5.74, 6) is 0. The molecule has 1 rings (SSSR count). The van der Waals surface area contributed by atoms with Crippen LogP contribution in [0.4, 0.5) is 10.5 Å². The molecule has 0 bridgehead atoms. The molecule has 0 saturated heterocycles. The summed E-state index contributed by atoms with van der Waals surface area (Å²) in [6.45, 7) is 11.3. The maximum Gasteiger partial charge on any atom is 0.319 e. The van der Waals surface area contributed by atoms with Crippen LogP contribution in [-0.4, -0.2) is 21.4 Å². The Bertz CT molecular complexity index is 548. The number of urea groups is 1. The van der Waals surface area contributed by atoms with Gasteiger partial charge in [0, 0.05) is 24.7 Å². The second-order valence-electron chi connectivity index (χ2n) is 7.81. The molecular formula is C17H29N5O. The number of aromatic nitrogens is 2. The number of anilines is 1. The van der Waals surface area contributed by atoms with Crippen LogP contribution in [-0.2, 0) is 6.54 Å². The highest BCUT2D eigenvalue weighted by Gasteiger charge is 2.27. The molecule has 0 aliphatic heterocycles. The van der Waals surface area contributed by atoms with Crippen LogP contribution in [0.15, 0.2) is 12.4 Å². The fraction of sp³-hybridized carbons (Fsp3) is 0.706. The first-order valence-corrected chi connectivity index (χ1v) is 8.10. The summed E-state index contributed by atoms with van der Waals surface area (Å²) in [7, 11) is 0. The van der Waals surface area contributed by atoms with Gasteiger partial charge in [0.25, 0.3) is 0 Å². The van der Waals surface area contributed by atoms with Crippen molar-refractivity contribution in [2.75, 3.05) is 5.32 Å². The molecule has 0 fully saturated rings. The zero-order valence-electron chi connectivity index (χ0n) is 14.9. The number of carbonyl (C=O) groups excluding carboxylic acids is 1. The van der Waals surface area contributed by atoms with Crippen molar-refractivity contribution in [2.45, 2.75) is 72.4 Å². The van der Waals surface area contributed by atoms with Gasteiger partial charge in [-0.3, -0.25) is 4.68 Å². The Morgan fingerprint density at radius 1 is 1.30 bits per heavy atom. The lowest BCUT2D eigenvalue weighted by molar-refractivity contribution is 0.220. The Morgan fingerprint density at radius 3 is 2.61 bits per heavy atom. The van der Waals surface area contributed by atoms with Gasteiger partial charge in [-0.1, -0.05) is 20.8 Å². The summed E-state index contributed by atoms with van der Waals surface area (Å²) in [6, 6.07) is 1.91. The van der Waals surface area contributed by atoms with Crippen LogP contribution in [0.5, 0.6) is 0 Å². The lowest BCUT2D eigenvalue weighted by Crippen LogP contribution is -2.47. The van der Waals surface area contributed by atoms with E-state index >= 15 is 0 Å². The highest BCUT2D eigenvalue weighted by molar-refractivity contribution is 5.89. The molecule has 23 heavy (non-hydrogen) atoms. The van der Waals surface area contributed by atoms with Crippen molar-refractivity contribution >= 4 is 11.7 Å². The highest BCUT2D eigenvalue weighted by atomic mass is 16.2. The van der Waals surface area contributed by atoms with E-state index < -0.39 is 0 Å². The Labute approximate surface area is 139 Å². The Morgan fingerprint density at radius 2 is 2.00 bits per heavy atom. The van der Waals surface area contributed by atoms with Gasteiger partial charge in [-0.2, -0.15) is 10.4 Å². The van der Waals surface area contributed by atoms with Crippen LogP contribution in [0.2, 0.25) is 0 Å². The van der Waals surface area contributed by atoms with E-state index in [1.807, 2.05) is 20.0 Å². The summed E-state index contributed by atoms with van der Waals surface area (Å²) >= 11 is 0. The van der Waals surface area contributed by atoms with Gasteiger partial charge < -0.3 is 10.6 Å². The maximum atomic E-state index is 12.1. The number of rotatable bonds is 7. The third kappa shape index (κ3) is 8.24. The molecule has 1 aromatic heterocycles. The average Bonchev–Trinajstić information content (AvgIpc) is 2.78. The van der Waals surface area contributed by atoms with E-state index in [0.717, 1.165) is 25.8 Å². The van der Waals surface area contributed by atoms with Crippen LogP contribution in [0.25, 0.3) is 0 Å². The molecule has 128 valence electrons. The minimum Gasteiger partial charge on any atom is -0.333 e. The minimum atomic E-state index is -0.282. The molecule has 1 heterocycles. The van der Waals surface area contributed by atoms with E-state index in [2.05, 4.69) is 42.6 Å². The summed E-state index contributed by atoms with van der Waals surface area (Å²) < 4.78 is 1.79. The molecule has 6 nitrogen and oxygen atoms in total. The molecule has 0 aliphatic rings. The number of amides is 2. The second-order valence-corrected chi connectivity index (χ2v) is 7.81. The van der Waals surface area contributed by atoms with E-state index in [9.17, 15) is 4.79 Å². The van der Waals surface area contributed by atoms with Crippen LogP contribution >= 0.6 is 0 Å². The number of unbranched alkanes of at least 4 members (excludes halogenated alkanes) is 2. The predicted octanol–water partition coefficient (Wildman–Crippen LogP) is 3.91. The van der Waals surface area contributed by atoms with E-state index in [4.69, 9.17) is 5.26 Å². The van der Waals surface area contributed by atoms with Crippen molar-refractivity contribution in [3.05, 3.63) is 12.4 Å². The predicted molar refractivity (Wildman–Crippen MR) is 92.0 cm³/mol. The number of carbonyl (C=O) groups is 1. The van der Waals surface area contributed by atoms with Crippen molar-refractivity contribution in [3.63, 3.8) is 0 Å². The van der Waals surface area contributed by atoms with E-state index in [-0.39, 0.29) is 17.0 Å². The zero-order valence-corrected chi connectivity index (χ0v) is 14.9. The first kappa shape index (κ1) is 19.0. The first-order valence-electron chi connectivity index (χ1n) is 8.10. The molecule has 6 heteroatoms. The van der Waals surface area contributed by atoms with Crippen LogP contribution in [0, 0.1) is 16.7 Å². The van der Waals surface area contributed by atoms with Gasteiger partial charge in [-0.15, -0.1) is 0 Å². The Kier molecular flexibility index (Phi) is 6.62. The van der Waals surface area contributed by atoms with Crippen molar-refractivity contribution in [2.24, 2.45) is 5.41 Å². The van der Waals surface area contributed by atoms with Crippen LogP contribution in [0.1, 0.15) is 60.3 Å². The van der Waals surface area contributed by atoms with Gasteiger partial charge >= 0.3 is 6.03 Å². The maximum absolute atomic E-state index is 12.1. The SMILES string of the molecule is CC(C)(C)CC(C)(C)NC(=O)Nc1cnn(CCCCC#N)c1. The van der Waals surface area contributed by atoms with E-state index in [0.29, 0.717) is 12.1 Å². The average molecular weight is 319 g/mol. The monoisotopic (exact) mass is 319 g/mol. The third-order valence-electron chi connectivity index (χ3n) is 3.24. The molecule has 2 amide bonds. The minimum absolute atomic E-state index is 0.144. The molecule has 0 atom stereocenters. The molecular weight excluding hydrogens is 290 g/mol. The molecule has 0 aliphatic carbocycles. The number of nitrogens with one attached hydrogen (secondary N) is 2. The largest absolute Gasteiger partial charge is 0.333 e. The molecule has 0 saturated carbocycles. The van der Waals surface area contributed by atoms with Gasteiger partial charge in [-0.25, -0.2) is 4.79 Å². The number of nitrogens with zero attached hydrogens (tertiary/aromatic N) is 3. The molecule has 0 aromatic carbocycles. The lowest BCUT2D eigenvalue weighted by Gasteiger charge is -2.33. The van der Waals surface area contributed by atoms with Gasteiger partial charge in [0.1, 0.15) is 0 Å². The summed E-state index contributed by atoms with van der Waals surface area (Å²) in [5.41, 5.74) is 0.537. The highest BCUT2D eigenvalue weighted by Crippen LogP contribution is 2.26. The number of hydrogen-bond donors (Lipinski definition) is 2.